The lowest BCUT2D eigenvalue weighted by atomic mass is 10.2. The molecule has 0 aromatic heterocycles. The van der Waals surface area contributed by atoms with Crippen molar-refractivity contribution in [1.29, 1.82) is 0 Å². The van der Waals surface area contributed by atoms with Crippen LogP contribution in [0.5, 0.6) is 17.2 Å². The van der Waals surface area contributed by atoms with Crippen LogP contribution in [0, 0.1) is 0 Å². The Kier molecular flexibility index (Phi) is 3.99. The Labute approximate surface area is 108 Å². The maximum atomic E-state index is 9.22. The zero-order chi connectivity index (χ0) is 12.3. The van der Waals surface area contributed by atoms with Crippen molar-refractivity contribution in [2.24, 2.45) is 0 Å². The topological polar surface area (TPSA) is 47.9 Å². The van der Waals surface area contributed by atoms with Gasteiger partial charge in [0.2, 0.25) is 6.79 Å². The lowest BCUT2D eigenvalue weighted by Gasteiger charge is -2.10. The highest BCUT2D eigenvalue weighted by Crippen LogP contribution is 2.38. The molecule has 92 valence electrons. The Morgan fingerprint density at radius 2 is 2.12 bits per heavy atom. The molecule has 1 aromatic carbocycles. The monoisotopic (exact) mass is 276 g/mol. The van der Waals surface area contributed by atoms with Gasteiger partial charge in [-0.1, -0.05) is 23.2 Å². The first-order valence-electron chi connectivity index (χ1n) is 4.85. The van der Waals surface area contributed by atoms with E-state index in [-0.39, 0.29) is 20.0 Å². The molecule has 0 amide bonds. The van der Waals surface area contributed by atoms with E-state index in [1.807, 2.05) is 0 Å². The second-order valence-electron chi connectivity index (χ2n) is 3.32. The first-order valence-corrected chi connectivity index (χ1v) is 5.67. The summed E-state index contributed by atoms with van der Waals surface area (Å²) in [6, 6.07) is 3.34. The molecule has 6 heteroatoms. The summed E-state index contributed by atoms with van der Waals surface area (Å²) in [5.41, 5.74) is 1.83. The van der Waals surface area contributed by atoms with Crippen molar-refractivity contribution >= 4 is 23.2 Å². The van der Waals surface area contributed by atoms with Crippen molar-refractivity contribution in [2.75, 3.05) is 13.4 Å². The van der Waals surface area contributed by atoms with E-state index in [2.05, 4.69) is 0 Å². The van der Waals surface area contributed by atoms with E-state index >= 15 is 0 Å². The van der Waals surface area contributed by atoms with Gasteiger partial charge in [0, 0.05) is 17.2 Å². The summed E-state index contributed by atoms with van der Waals surface area (Å²) >= 11 is 11.1. The minimum atomic E-state index is -0.159. The van der Waals surface area contributed by atoms with E-state index < -0.39 is 0 Å². The largest absolute Gasteiger partial charge is 0.487 e. The Bertz CT molecular complexity index is 445. The van der Waals surface area contributed by atoms with E-state index in [0.717, 1.165) is 0 Å². The summed E-state index contributed by atoms with van der Waals surface area (Å²) in [6.07, 6.45) is 0. The summed E-state index contributed by atoms with van der Waals surface area (Å²) in [4.78, 5) is 0. The van der Waals surface area contributed by atoms with Crippen molar-refractivity contribution in [3.63, 3.8) is 0 Å². The van der Waals surface area contributed by atoms with Gasteiger partial charge in [-0.15, -0.1) is 0 Å². The second kappa shape index (κ2) is 5.49. The number of hydrogen-bond acceptors (Lipinski definition) is 4. The standard InChI is InChI=1S/C11H10Cl2O4/c12-3-8(13)5-15-9-2-11-10(16-6-17-11)1-7(9)4-14/h1-3,14H,4-6H2. The van der Waals surface area contributed by atoms with Gasteiger partial charge in [0.25, 0.3) is 0 Å². The minimum absolute atomic E-state index is 0.137. The average Bonchev–Trinajstić information content (AvgIpc) is 2.81. The van der Waals surface area contributed by atoms with Crippen molar-refractivity contribution in [3.05, 3.63) is 28.3 Å². The number of hydrogen-bond donors (Lipinski definition) is 1. The predicted octanol–water partition coefficient (Wildman–Crippen LogP) is 2.61. The smallest absolute Gasteiger partial charge is 0.231 e. The molecule has 1 aliphatic rings. The van der Waals surface area contributed by atoms with Gasteiger partial charge >= 0.3 is 0 Å². The van der Waals surface area contributed by atoms with E-state index in [1.165, 1.54) is 5.54 Å². The number of ether oxygens (including phenoxy) is 3. The Morgan fingerprint density at radius 3 is 2.76 bits per heavy atom. The van der Waals surface area contributed by atoms with Crippen LogP contribution in [0.15, 0.2) is 22.7 Å². The normalized spacial score (nSPS) is 13.9. The van der Waals surface area contributed by atoms with Gasteiger partial charge in [-0.25, -0.2) is 0 Å². The summed E-state index contributed by atoms with van der Waals surface area (Å²) < 4.78 is 15.8. The third-order valence-electron chi connectivity index (χ3n) is 2.21. The van der Waals surface area contributed by atoms with Crippen LogP contribution >= 0.6 is 23.2 Å². The van der Waals surface area contributed by atoms with Crippen molar-refractivity contribution in [2.45, 2.75) is 6.61 Å². The van der Waals surface area contributed by atoms with Crippen LogP contribution in [-0.4, -0.2) is 18.5 Å². The highest BCUT2D eigenvalue weighted by atomic mass is 35.5. The van der Waals surface area contributed by atoms with Gasteiger partial charge in [-0.05, 0) is 6.07 Å². The van der Waals surface area contributed by atoms with Crippen LogP contribution in [0.3, 0.4) is 0 Å². The highest BCUT2D eigenvalue weighted by Gasteiger charge is 2.17. The number of rotatable bonds is 4. The molecule has 0 unspecified atom stereocenters. The molecule has 0 bridgehead atoms. The van der Waals surface area contributed by atoms with Gasteiger partial charge in [-0.2, -0.15) is 0 Å². The summed E-state index contributed by atoms with van der Waals surface area (Å²) in [6.45, 7) is 0.151. The van der Waals surface area contributed by atoms with E-state index in [0.29, 0.717) is 27.8 Å². The highest BCUT2D eigenvalue weighted by molar-refractivity contribution is 6.36. The van der Waals surface area contributed by atoms with Crippen LogP contribution in [0.2, 0.25) is 0 Å². The number of fused-ring (bicyclic) bond motifs is 1. The number of aliphatic hydroxyl groups excluding tert-OH is 1. The zero-order valence-electron chi connectivity index (χ0n) is 8.78. The Morgan fingerprint density at radius 1 is 1.41 bits per heavy atom. The minimum Gasteiger partial charge on any atom is -0.487 e. The van der Waals surface area contributed by atoms with Gasteiger partial charge in [-0.3, -0.25) is 0 Å². The first kappa shape index (κ1) is 12.4. The molecule has 0 atom stereocenters. The maximum Gasteiger partial charge on any atom is 0.231 e. The first-order chi connectivity index (χ1) is 8.24. The summed E-state index contributed by atoms with van der Waals surface area (Å²) in [7, 11) is 0. The molecular formula is C11H10Cl2O4. The molecule has 1 heterocycles. The molecule has 0 fully saturated rings. The molecule has 0 aliphatic carbocycles. The van der Waals surface area contributed by atoms with Crippen molar-refractivity contribution in [3.8, 4) is 17.2 Å². The van der Waals surface area contributed by atoms with E-state index in [1.54, 1.807) is 12.1 Å². The molecule has 0 spiro atoms. The van der Waals surface area contributed by atoms with Gasteiger partial charge in [0.05, 0.1) is 11.6 Å². The molecule has 1 N–H and O–H groups in total. The molecule has 2 rings (SSSR count). The third kappa shape index (κ3) is 2.77. The van der Waals surface area contributed by atoms with Gasteiger partial charge in [0.15, 0.2) is 11.5 Å². The molecule has 1 aliphatic heterocycles. The predicted molar refractivity (Wildman–Crippen MR) is 63.8 cm³/mol. The summed E-state index contributed by atoms with van der Waals surface area (Å²) in [5.74, 6) is 1.68. The second-order valence-corrected chi connectivity index (χ2v) is 4.02. The SMILES string of the molecule is OCc1cc2c(cc1OCC(Cl)=CCl)OCO2. The molecule has 1 aromatic rings. The van der Waals surface area contributed by atoms with Gasteiger partial charge in [0.1, 0.15) is 12.4 Å². The maximum absolute atomic E-state index is 9.22. The van der Waals surface area contributed by atoms with Gasteiger partial charge < -0.3 is 19.3 Å². The molecule has 0 saturated heterocycles. The van der Waals surface area contributed by atoms with Crippen LogP contribution in [-0.2, 0) is 6.61 Å². The molecule has 17 heavy (non-hydrogen) atoms. The fourth-order valence-corrected chi connectivity index (χ4v) is 1.52. The number of aliphatic hydroxyl groups is 1. The van der Waals surface area contributed by atoms with Crippen molar-refractivity contribution in [1.82, 2.24) is 0 Å². The van der Waals surface area contributed by atoms with Crippen LogP contribution in [0.25, 0.3) is 0 Å². The van der Waals surface area contributed by atoms with Crippen LogP contribution in [0.4, 0.5) is 0 Å². The molecule has 0 saturated carbocycles. The van der Waals surface area contributed by atoms with Crippen LogP contribution in [0.1, 0.15) is 5.56 Å². The quantitative estimate of drug-likeness (QED) is 0.919. The fraction of sp³-hybridized carbons (Fsp3) is 0.273. The lowest BCUT2D eigenvalue weighted by molar-refractivity contribution is 0.173. The number of halogens is 2. The Balaban J connectivity index is 2.20. The lowest BCUT2D eigenvalue weighted by Crippen LogP contribution is -2.00. The fourth-order valence-electron chi connectivity index (χ4n) is 1.40. The number of benzene rings is 1. The summed E-state index contributed by atoms with van der Waals surface area (Å²) in [5, 5.41) is 9.59. The Hall–Kier alpha value is -1.10. The molecule has 0 radical (unpaired) electrons. The third-order valence-corrected chi connectivity index (χ3v) is 2.80. The zero-order valence-corrected chi connectivity index (χ0v) is 10.3. The molecular weight excluding hydrogens is 267 g/mol. The van der Waals surface area contributed by atoms with Crippen molar-refractivity contribution < 1.29 is 19.3 Å². The van der Waals surface area contributed by atoms with E-state index in [4.69, 9.17) is 37.4 Å². The molecule has 4 nitrogen and oxygen atoms in total. The average molecular weight is 277 g/mol. The van der Waals surface area contributed by atoms with Crippen LogP contribution < -0.4 is 14.2 Å². The van der Waals surface area contributed by atoms with E-state index in [9.17, 15) is 5.11 Å².